The molecule has 0 aliphatic carbocycles. The summed E-state index contributed by atoms with van der Waals surface area (Å²) < 4.78 is 1.86. The van der Waals surface area contributed by atoms with Crippen LogP contribution in [-0.2, 0) is 0 Å². The smallest absolute Gasteiger partial charge is 0.318 e. The molecule has 0 bridgehead atoms. The number of benzene rings is 2. The molecule has 2 heterocycles. The summed E-state index contributed by atoms with van der Waals surface area (Å²) in [5.74, 6) is 1.56. The number of aliphatic imine (C=N–C) groups is 2. The molecule has 0 saturated carbocycles. The zero-order valence-corrected chi connectivity index (χ0v) is 16.1. The molecule has 2 aliphatic rings. The van der Waals surface area contributed by atoms with Gasteiger partial charge in [0.1, 0.15) is 0 Å². The normalized spacial score (nSPS) is 18.2. The van der Waals surface area contributed by atoms with Crippen LogP contribution in [0.3, 0.4) is 0 Å². The van der Waals surface area contributed by atoms with E-state index in [1.165, 1.54) is 16.7 Å². The Morgan fingerprint density at radius 2 is 1.82 bits per heavy atom. The fourth-order valence-corrected chi connectivity index (χ4v) is 3.53. The first-order valence-corrected chi connectivity index (χ1v) is 9.49. The Morgan fingerprint density at radius 1 is 1.04 bits per heavy atom. The maximum atomic E-state index is 8.93. The van der Waals surface area contributed by atoms with Gasteiger partial charge in [0.25, 0.3) is 0 Å². The highest BCUT2D eigenvalue weighted by molar-refractivity contribution is 6.02. The van der Waals surface area contributed by atoms with Crippen molar-refractivity contribution in [3.63, 3.8) is 0 Å². The number of azo groups is 2. The summed E-state index contributed by atoms with van der Waals surface area (Å²) in [4.78, 5) is 9.45. The number of nitrogens with one attached hydrogen (secondary N) is 1. The van der Waals surface area contributed by atoms with Gasteiger partial charge in [0.15, 0.2) is 5.70 Å². The average molecular weight is 374 g/mol. The van der Waals surface area contributed by atoms with E-state index in [2.05, 4.69) is 59.7 Å². The maximum absolute atomic E-state index is 8.93. The number of amidine groups is 2. The molecule has 6 heteroatoms. The number of hydrogen-bond acceptors (Lipinski definition) is 5. The van der Waals surface area contributed by atoms with Crippen LogP contribution in [0.15, 0.2) is 75.4 Å². The van der Waals surface area contributed by atoms with Crippen molar-refractivity contribution in [1.82, 2.24) is 5.32 Å². The first-order valence-electron chi connectivity index (χ1n) is 9.49. The van der Waals surface area contributed by atoms with Gasteiger partial charge >= 0.3 is 5.84 Å². The summed E-state index contributed by atoms with van der Waals surface area (Å²) in [7, 11) is 0. The van der Waals surface area contributed by atoms with Gasteiger partial charge in [-0.2, -0.15) is 0 Å². The second kappa shape index (κ2) is 7.96. The van der Waals surface area contributed by atoms with E-state index in [-0.39, 0.29) is 12.8 Å². The molecule has 0 fully saturated rings. The number of aliphatic hydroxyl groups excluding tert-OH is 1. The van der Waals surface area contributed by atoms with E-state index in [1.807, 2.05) is 23.8 Å². The number of nitrogens with zero attached hydrogens (tertiary/aromatic N) is 4. The topological polar surface area (TPSA) is 72.4 Å². The molecule has 0 amide bonds. The van der Waals surface area contributed by atoms with Crippen LogP contribution in [0.4, 0.5) is 0 Å². The molecule has 2 aromatic rings. The predicted molar refractivity (Wildman–Crippen MR) is 111 cm³/mol. The van der Waals surface area contributed by atoms with Gasteiger partial charge in [0, 0.05) is 25.1 Å². The summed E-state index contributed by atoms with van der Waals surface area (Å²) >= 11 is 0. The van der Waals surface area contributed by atoms with Crippen LogP contribution >= 0.6 is 0 Å². The van der Waals surface area contributed by atoms with Gasteiger partial charge < -0.3 is 10.4 Å². The summed E-state index contributed by atoms with van der Waals surface area (Å²) in [5.41, 5.74) is 5.50. The Morgan fingerprint density at radius 3 is 2.61 bits per heavy atom. The van der Waals surface area contributed by atoms with Gasteiger partial charge in [-0.15, -0.1) is 4.70 Å². The monoisotopic (exact) mass is 374 g/mol. The Bertz CT molecular complexity index is 1000. The van der Waals surface area contributed by atoms with Crippen molar-refractivity contribution in [2.24, 2.45) is 15.1 Å². The van der Waals surface area contributed by atoms with Gasteiger partial charge in [-0.25, -0.2) is 4.99 Å². The van der Waals surface area contributed by atoms with Gasteiger partial charge in [-0.1, -0.05) is 53.6 Å². The molecule has 142 valence electrons. The minimum Gasteiger partial charge on any atom is -0.395 e. The molecular formula is C22H24N5O+. The lowest BCUT2D eigenvalue weighted by atomic mass is 9.96. The van der Waals surface area contributed by atoms with Crippen LogP contribution < -0.4 is 5.32 Å². The van der Waals surface area contributed by atoms with E-state index < -0.39 is 0 Å². The molecule has 2 aliphatic heterocycles. The van der Waals surface area contributed by atoms with E-state index in [9.17, 15) is 0 Å². The molecule has 0 saturated heterocycles. The molecule has 1 unspecified atom stereocenters. The summed E-state index contributed by atoms with van der Waals surface area (Å²) in [6.45, 7) is 5.33. The van der Waals surface area contributed by atoms with Crippen LogP contribution in [0, 0.1) is 6.92 Å². The highest BCUT2D eigenvalue weighted by Gasteiger charge is 2.33. The summed E-state index contributed by atoms with van der Waals surface area (Å²) in [6, 6.07) is 16.6. The van der Waals surface area contributed by atoms with Crippen molar-refractivity contribution in [2.75, 3.05) is 19.7 Å². The van der Waals surface area contributed by atoms with E-state index in [1.54, 1.807) is 0 Å². The zero-order chi connectivity index (χ0) is 19.5. The van der Waals surface area contributed by atoms with Gasteiger partial charge in [-0.3, -0.25) is 0 Å². The Hall–Kier alpha value is -2.96. The van der Waals surface area contributed by atoms with Crippen molar-refractivity contribution in [2.45, 2.75) is 20.0 Å². The lowest BCUT2D eigenvalue weighted by molar-refractivity contribution is -0.498. The molecule has 4 rings (SSSR count). The molecule has 6 nitrogen and oxygen atoms in total. The maximum Gasteiger partial charge on any atom is 0.318 e. The second-order valence-corrected chi connectivity index (χ2v) is 6.87. The summed E-state index contributed by atoms with van der Waals surface area (Å²) in [5, 5.41) is 16.8. The zero-order valence-electron chi connectivity index (χ0n) is 16.1. The minimum atomic E-state index is -0.168. The van der Waals surface area contributed by atoms with Crippen molar-refractivity contribution in [1.29, 1.82) is 0 Å². The quantitative estimate of drug-likeness (QED) is 0.602. The average Bonchev–Trinajstić information content (AvgIpc) is 3.13. The number of hydrogen-bond donors (Lipinski definition) is 2. The fraction of sp³-hybridized carbons (Fsp3) is 0.273. The van der Waals surface area contributed by atoms with E-state index >= 15 is 0 Å². The van der Waals surface area contributed by atoms with Gasteiger partial charge in [-0.05, 0) is 28.6 Å². The van der Waals surface area contributed by atoms with Crippen LogP contribution in [0.25, 0.3) is 11.1 Å². The summed E-state index contributed by atoms with van der Waals surface area (Å²) in [6.07, 6.45) is 1.85. The Balaban J connectivity index is 1.65. The van der Waals surface area contributed by atoms with E-state index in [0.717, 1.165) is 22.9 Å². The van der Waals surface area contributed by atoms with E-state index in [4.69, 9.17) is 15.2 Å². The molecule has 0 spiro atoms. The third kappa shape index (κ3) is 3.56. The van der Waals surface area contributed by atoms with Crippen LogP contribution in [0.1, 0.15) is 18.1 Å². The van der Waals surface area contributed by atoms with E-state index in [0.29, 0.717) is 13.1 Å². The highest BCUT2D eigenvalue weighted by atomic mass is 16.3. The SMILES string of the molecule is CC1=NC(CNCCO)=CC2N=C(c3cccc(-c4ccccc4)c3C)N=[N+]12. The third-order valence-electron chi connectivity index (χ3n) is 4.94. The molecule has 2 aromatic carbocycles. The standard InChI is InChI=1S/C22H24N5O/c1-15-19(17-7-4-3-5-8-17)9-6-10-20(15)22-25-21-13-18(14-23-11-12-28)24-16(2)27(21)26-22/h3-10,13,21,23,28H,11-12,14H2,1-2H3/q+1. The van der Waals surface area contributed by atoms with Crippen molar-refractivity contribution in [3.05, 3.63) is 71.4 Å². The van der Waals surface area contributed by atoms with Crippen molar-refractivity contribution >= 4 is 11.7 Å². The first-order chi connectivity index (χ1) is 13.7. The number of aliphatic hydroxyl groups is 1. The Kier molecular flexibility index (Phi) is 5.23. The van der Waals surface area contributed by atoms with Gasteiger partial charge in [0.05, 0.1) is 13.2 Å². The van der Waals surface area contributed by atoms with Crippen molar-refractivity contribution in [3.8, 4) is 11.1 Å². The largest absolute Gasteiger partial charge is 0.395 e. The third-order valence-corrected chi connectivity index (χ3v) is 4.94. The lowest BCUT2D eigenvalue weighted by Gasteiger charge is -2.09. The fourth-order valence-electron chi connectivity index (χ4n) is 3.53. The predicted octanol–water partition coefficient (Wildman–Crippen LogP) is 3.11. The highest BCUT2D eigenvalue weighted by Crippen LogP contribution is 2.28. The van der Waals surface area contributed by atoms with Crippen LogP contribution in [0.2, 0.25) is 0 Å². The molecule has 1 atom stereocenters. The molecule has 0 aromatic heterocycles. The Labute approximate surface area is 164 Å². The lowest BCUT2D eigenvalue weighted by Crippen LogP contribution is -2.29. The van der Waals surface area contributed by atoms with Gasteiger partial charge in [0.2, 0.25) is 12.0 Å². The minimum absolute atomic E-state index is 0.111. The molecule has 0 radical (unpaired) electrons. The molecular weight excluding hydrogens is 350 g/mol. The first kappa shape index (κ1) is 18.4. The second-order valence-electron chi connectivity index (χ2n) is 6.87. The van der Waals surface area contributed by atoms with Crippen LogP contribution in [0.5, 0.6) is 0 Å². The van der Waals surface area contributed by atoms with Crippen LogP contribution in [-0.4, -0.2) is 47.3 Å². The molecule has 2 N–H and O–H groups in total. The number of rotatable bonds is 6. The van der Waals surface area contributed by atoms with Crippen molar-refractivity contribution < 1.29 is 9.80 Å². The molecule has 28 heavy (non-hydrogen) atoms. The number of fused-ring (bicyclic) bond motifs is 1.